The van der Waals surface area contributed by atoms with Gasteiger partial charge in [-0.3, -0.25) is 9.59 Å². The van der Waals surface area contributed by atoms with Gasteiger partial charge in [0.1, 0.15) is 17.2 Å². The maximum atomic E-state index is 12.2. The number of amides is 2. The highest BCUT2D eigenvalue weighted by Crippen LogP contribution is 2.36. The molecule has 0 unspecified atom stereocenters. The van der Waals surface area contributed by atoms with Crippen molar-refractivity contribution < 1.29 is 23.8 Å². The van der Waals surface area contributed by atoms with Gasteiger partial charge >= 0.3 is 0 Å². The molecule has 2 amide bonds. The minimum absolute atomic E-state index is 0.150. The van der Waals surface area contributed by atoms with E-state index in [9.17, 15) is 9.59 Å². The molecule has 7 heteroatoms. The van der Waals surface area contributed by atoms with E-state index >= 15 is 0 Å². The van der Waals surface area contributed by atoms with E-state index in [2.05, 4.69) is 10.6 Å². The molecule has 138 valence electrons. The molecule has 0 bridgehead atoms. The number of hydrogen-bond donors (Lipinski definition) is 2. The number of anilines is 2. The van der Waals surface area contributed by atoms with Gasteiger partial charge in [0.05, 0.1) is 25.6 Å². The number of ether oxygens (including phenoxy) is 3. The molecule has 2 aromatic rings. The van der Waals surface area contributed by atoms with Crippen molar-refractivity contribution in [2.45, 2.75) is 13.8 Å². The van der Waals surface area contributed by atoms with Gasteiger partial charge in [-0.2, -0.15) is 0 Å². The van der Waals surface area contributed by atoms with Crippen molar-refractivity contribution in [3.8, 4) is 17.2 Å². The topological polar surface area (TPSA) is 85.9 Å². The van der Waals surface area contributed by atoms with Crippen molar-refractivity contribution in [3.63, 3.8) is 0 Å². The van der Waals surface area contributed by atoms with Crippen LogP contribution in [0.25, 0.3) is 0 Å². The molecule has 7 nitrogen and oxygen atoms in total. The van der Waals surface area contributed by atoms with Gasteiger partial charge in [0.25, 0.3) is 5.91 Å². The van der Waals surface area contributed by atoms with Gasteiger partial charge < -0.3 is 24.8 Å². The molecule has 0 spiro atoms. The van der Waals surface area contributed by atoms with Gasteiger partial charge in [0.2, 0.25) is 5.91 Å². The molecule has 0 atom stereocenters. The predicted molar refractivity (Wildman–Crippen MR) is 99.2 cm³/mol. The van der Waals surface area contributed by atoms with Crippen LogP contribution in [0, 0.1) is 6.92 Å². The molecular weight excluding hydrogens is 336 g/mol. The Balaban J connectivity index is 2.11. The lowest BCUT2D eigenvalue weighted by Gasteiger charge is -2.16. The number of methoxy groups -OCH3 is 2. The second kappa shape index (κ2) is 8.75. The fourth-order valence-corrected chi connectivity index (χ4v) is 2.32. The smallest absolute Gasteiger partial charge is 0.262 e. The Morgan fingerprint density at radius 3 is 2.12 bits per heavy atom. The first kappa shape index (κ1) is 19.1. The Kier molecular flexibility index (Phi) is 6.43. The summed E-state index contributed by atoms with van der Waals surface area (Å²) in [6.45, 7) is 3.19. The first-order valence-corrected chi connectivity index (χ1v) is 7.96. The quantitative estimate of drug-likeness (QED) is 0.795. The number of nitrogens with one attached hydrogen (secondary N) is 2. The SMILES string of the molecule is COc1cc(NC(=O)COc2cccc(C)c2)c(OC)cc1NC(C)=O. The highest BCUT2D eigenvalue weighted by molar-refractivity contribution is 5.96. The summed E-state index contributed by atoms with van der Waals surface area (Å²) in [7, 11) is 2.94. The van der Waals surface area contributed by atoms with E-state index in [0.29, 0.717) is 28.6 Å². The predicted octanol–water partition coefficient (Wildman–Crippen LogP) is 2.99. The van der Waals surface area contributed by atoms with Crippen LogP contribution in [-0.4, -0.2) is 32.6 Å². The maximum absolute atomic E-state index is 12.2. The average Bonchev–Trinajstić information content (AvgIpc) is 2.60. The minimum atomic E-state index is -0.348. The number of hydrogen-bond acceptors (Lipinski definition) is 5. The van der Waals surface area contributed by atoms with Crippen molar-refractivity contribution in [3.05, 3.63) is 42.0 Å². The van der Waals surface area contributed by atoms with E-state index in [-0.39, 0.29) is 18.4 Å². The zero-order valence-corrected chi connectivity index (χ0v) is 15.2. The molecule has 0 saturated carbocycles. The van der Waals surface area contributed by atoms with E-state index in [1.165, 1.54) is 21.1 Å². The molecule has 0 aliphatic carbocycles. The fraction of sp³-hybridized carbons (Fsp3) is 0.263. The number of carbonyl (C=O) groups is 2. The van der Waals surface area contributed by atoms with E-state index in [1.54, 1.807) is 18.2 Å². The summed E-state index contributed by atoms with van der Waals surface area (Å²) in [5, 5.41) is 5.37. The summed E-state index contributed by atoms with van der Waals surface area (Å²) in [5.74, 6) is 0.813. The van der Waals surface area contributed by atoms with Crippen molar-refractivity contribution in [2.75, 3.05) is 31.5 Å². The summed E-state index contributed by atoms with van der Waals surface area (Å²) in [6, 6.07) is 10.6. The van der Waals surface area contributed by atoms with Crippen molar-refractivity contribution in [1.82, 2.24) is 0 Å². The van der Waals surface area contributed by atoms with Gasteiger partial charge in [-0.05, 0) is 24.6 Å². The Morgan fingerprint density at radius 1 is 0.962 bits per heavy atom. The molecule has 0 fully saturated rings. The largest absolute Gasteiger partial charge is 0.494 e. The van der Waals surface area contributed by atoms with Gasteiger partial charge in [0.15, 0.2) is 6.61 Å². The zero-order valence-electron chi connectivity index (χ0n) is 15.2. The molecule has 2 rings (SSSR count). The van der Waals surface area contributed by atoms with Crippen LogP contribution in [0.3, 0.4) is 0 Å². The highest BCUT2D eigenvalue weighted by Gasteiger charge is 2.14. The second-order valence-corrected chi connectivity index (χ2v) is 5.59. The summed E-state index contributed by atoms with van der Waals surface area (Å²) >= 11 is 0. The van der Waals surface area contributed by atoms with E-state index in [1.807, 2.05) is 25.1 Å². The molecule has 2 aromatic carbocycles. The molecule has 0 saturated heterocycles. The number of aryl methyl sites for hydroxylation is 1. The van der Waals surface area contributed by atoms with Crippen molar-refractivity contribution in [1.29, 1.82) is 0 Å². The lowest BCUT2D eigenvalue weighted by Crippen LogP contribution is -2.20. The molecule has 0 aliphatic rings. The van der Waals surface area contributed by atoms with Crippen LogP contribution in [0.15, 0.2) is 36.4 Å². The van der Waals surface area contributed by atoms with E-state index in [4.69, 9.17) is 14.2 Å². The first-order valence-electron chi connectivity index (χ1n) is 7.96. The summed E-state index contributed by atoms with van der Waals surface area (Å²) in [4.78, 5) is 23.5. The van der Waals surface area contributed by atoms with Crippen LogP contribution in [0.1, 0.15) is 12.5 Å². The third kappa shape index (κ3) is 5.14. The molecule has 0 radical (unpaired) electrons. The number of rotatable bonds is 7. The zero-order chi connectivity index (χ0) is 19.1. The van der Waals surface area contributed by atoms with Gasteiger partial charge in [-0.15, -0.1) is 0 Å². The summed E-state index contributed by atoms with van der Waals surface area (Å²) in [6.07, 6.45) is 0. The molecule has 2 N–H and O–H groups in total. The number of carbonyl (C=O) groups excluding carboxylic acids is 2. The van der Waals surface area contributed by atoms with Gasteiger partial charge in [-0.1, -0.05) is 12.1 Å². The summed E-state index contributed by atoms with van der Waals surface area (Å²) in [5.41, 5.74) is 1.91. The summed E-state index contributed by atoms with van der Waals surface area (Å²) < 4.78 is 16.0. The lowest BCUT2D eigenvalue weighted by atomic mass is 10.2. The third-order valence-electron chi connectivity index (χ3n) is 3.47. The van der Waals surface area contributed by atoms with Crippen LogP contribution in [-0.2, 0) is 9.59 Å². The Bertz CT molecular complexity index is 805. The molecule has 0 aromatic heterocycles. The van der Waals surface area contributed by atoms with Crippen LogP contribution in [0.5, 0.6) is 17.2 Å². The normalized spacial score (nSPS) is 10.0. The van der Waals surface area contributed by atoms with Crippen molar-refractivity contribution in [2.24, 2.45) is 0 Å². The highest BCUT2D eigenvalue weighted by atomic mass is 16.5. The van der Waals surface area contributed by atoms with Crippen LogP contribution < -0.4 is 24.8 Å². The van der Waals surface area contributed by atoms with Gasteiger partial charge in [0, 0.05) is 19.1 Å². The second-order valence-electron chi connectivity index (χ2n) is 5.59. The first-order chi connectivity index (χ1) is 12.4. The monoisotopic (exact) mass is 358 g/mol. The minimum Gasteiger partial charge on any atom is -0.494 e. The third-order valence-corrected chi connectivity index (χ3v) is 3.47. The lowest BCUT2D eigenvalue weighted by molar-refractivity contribution is -0.118. The Morgan fingerprint density at radius 2 is 1.58 bits per heavy atom. The Hall–Kier alpha value is -3.22. The Labute approximate surface area is 152 Å². The number of benzene rings is 2. The maximum Gasteiger partial charge on any atom is 0.262 e. The van der Waals surface area contributed by atoms with E-state index < -0.39 is 0 Å². The van der Waals surface area contributed by atoms with Crippen LogP contribution in [0.2, 0.25) is 0 Å². The fourth-order valence-electron chi connectivity index (χ4n) is 2.32. The van der Waals surface area contributed by atoms with Gasteiger partial charge in [-0.25, -0.2) is 0 Å². The molecule has 0 heterocycles. The molecular formula is C19H22N2O5. The van der Waals surface area contributed by atoms with Crippen molar-refractivity contribution >= 4 is 23.2 Å². The standard InChI is InChI=1S/C19H22N2O5/c1-12-6-5-7-14(8-12)26-11-19(23)21-16-10-17(24-3)15(20-13(2)22)9-18(16)25-4/h5-10H,11H2,1-4H3,(H,20,22)(H,21,23). The average molecular weight is 358 g/mol. The van der Waals surface area contributed by atoms with Crippen LogP contribution in [0.4, 0.5) is 11.4 Å². The molecule has 0 aliphatic heterocycles. The van der Waals surface area contributed by atoms with E-state index in [0.717, 1.165) is 5.56 Å². The molecule has 26 heavy (non-hydrogen) atoms. The van der Waals surface area contributed by atoms with Crippen LogP contribution >= 0.6 is 0 Å².